The molecule has 1 fully saturated rings. The molecule has 3 nitrogen and oxygen atoms in total. The van der Waals surface area contributed by atoms with Crippen LogP contribution in [0.25, 0.3) is 0 Å². The SMILES string of the molecule is CC1=C(N)C(C)(C)CC2(C1)OCCO2. The molecular formula is C11H19NO2. The molecule has 0 aromatic heterocycles. The molecule has 0 amide bonds. The standard InChI is InChI=1S/C11H19NO2/c1-8-6-11(13-4-5-14-11)7-10(2,3)9(8)12/h4-7,12H2,1-3H3. The van der Waals surface area contributed by atoms with Gasteiger partial charge >= 0.3 is 0 Å². The number of nitrogens with two attached hydrogens (primary N) is 1. The van der Waals surface area contributed by atoms with Crippen molar-refractivity contribution >= 4 is 0 Å². The lowest BCUT2D eigenvalue weighted by Gasteiger charge is -2.41. The molecule has 1 saturated heterocycles. The fourth-order valence-electron chi connectivity index (χ4n) is 2.61. The van der Waals surface area contributed by atoms with Crippen LogP contribution in [0, 0.1) is 5.41 Å². The molecule has 2 N–H and O–H groups in total. The Hall–Kier alpha value is -0.540. The first-order valence-electron chi connectivity index (χ1n) is 5.19. The maximum Gasteiger partial charge on any atom is 0.173 e. The summed E-state index contributed by atoms with van der Waals surface area (Å²) in [7, 11) is 0. The van der Waals surface area contributed by atoms with Gasteiger partial charge in [-0.25, -0.2) is 0 Å². The molecule has 0 aromatic rings. The van der Waals surface area contributed by atoms with E-state index in [-0.39, 0.29) is 11.2 Å². The van der Waals surface area contributed by atoms with E-state index in [1.165, 1.54) is 5.57 Å². The Labute approximate surface area is 85.3 Å². The average Bonchev–Trinajstić information content (AvgIpc) is 2.48. The topological polar surface area (TPSA) is 44.5 Å². The molecule has 2 aliphatic rings. The minimum Gasteiger partial charge on any atom is -0.402 e. The highest BCUT2D eigenvalue weighted by Crippen LogP contribution is 2.46. The van der Waals surface area contributed by atoms with E-state index in [9.17, 15) is 0 Å². The van der Waals surface area contributed by atoms with E-state index in [0.29, 0.717) is 13.2 Å². The van der Waals surface area contributed by atoms with Crippen LogP contribution in [0.3, 0.4) is 0 Å². The Bertz CT molecular complexity index is 275. The van der Waals surface area contributed by atoms with E-state index >= 15 is 0 Å². The van der Waals surface area contributed by atoms with Gasteiger partial charge in [-0.05, 0) is 12.5 Å². The normalized spacial score (nSPS) is 29.9. The predicted octanol–water partition coefficient (Wildman–Crippen LogP) is 1.78. The van der Waals surface area contributed by atoms with Crippen LogP contribution in [-0.4, -0.2) is 19.0 Å². The second kappa shape index (κ2) is 2.97. The zero-order chi connectivity index (χ0) is 10.4. The van der Waals surface area contributed by atoms with Gasteiger partial charge in [0.05, 0.1) is 13.2 Å². The van der Waals surface area contributed by atoms with Crippen LogP contribution in [0.5, 0.6) is 0 Å². The van der Waals surface area contributed by atoms with Gasteiger partial charge in [-0.1, -0.05) is 13.8 Å². The van der Waals surface area contributed by atoms with Crippen LogP contribution in [0.1, 0.15) is 33.6 Å². The van der Waals surface area contributed by atoms with Crippen molar-refractivity contribution in [2.24, 2.45) is 11.1 Å². The first kappa shape index (κ1) is 9.99. The number of ether oxygens (including phenoxy) is 2. The minimum absolute atomic E-state index is 0.00727. The molecule has 1 aliphatic heterocycles. The van der Waals surface area contributed by atoms with E-state index in [1.54, 1.807) is 0 Å². The van der Waals surface area contributed by atoms with Gasteiger partial charge in [-0.15, -0.1) is 0 Å². The Balaban J connectivity index is 2.30. The Morgan fingerprint density at radius 2 is 1.79 bits per heavy atom. The molecule has 0 bridgehead atoms. The molecule has 14 heavy (non-hydrogen) atoms. The average molecular weight is 197 g/mol. The fourth-order valence-corrected chi connectivity index (χ4v) is 2.61. The van der Waals surface area contributed by atoms with Crippen molar-refractivity contribution < 1.29 is 9.47 Å². The lowest BCUT2D eigenvalue weighted by molar-refractivity contribution is -0.179. The van der Waals surface area contributed by atoms with Gasteiger partial charge in [0.2, 0.25) is 0 Å². The maximum absolute atomic E-state index is 6.08. The summed E-state index contributed by atoms with van der Waals surface area (Å²) in [6.07, 6.45) is 1.69. The van der Waals surface area contributed by atoms with Gasteiger partial charge in [-0.3, -0.25) is 0 Å². The molecule has 0 radical (unpaired) electrons. The highest BCUT2D eigenvalue weighted by Gasteiger charge is 2.46. The third-order valence-electron chi connectivity index (χ3n) is 3.25. The zero-order valence-corrected chi connectivity index (χ0v) is 9.22. The largest absolute Gasteiger partial charge is 0.402 e. The quantitative estimate of drug-likeness (QED) is 0.644. The van der Waals surface area contributed by atoms with Crippen LogP contribution >= 0.6 is 0 Å². The number of hydrogen-bond donors (Lipinski definition) is 1. The summed E-state index contributed by atoms with van der Waals surface area (Å²) in [6.45, 7) is 7.80. The number of allylic oxidation sites excluding steroid dienone is 1. The van der Waals surface area contributed by atoms with Crippen molar-refractivity contribution in [3.63, 3.8) is 0 Å². The molecule has 1 heterocycles. The minimum atomic E-state index is -0.379. The smallest absolute Gasteiger partial charge is 0.173 e. The van der Waals surface area contributed by atoms with Gasteiger partial charge in [-0.2, -0.15) is 0 Å². The van der Waals surface area contributed by atoms with E-state index in [2.05, 4.69) is 20.8 Å². The first-order chi connectivity index (χ1) is 6.45. The van der Waals surface area contributed by atoms with Crippen molar-refractivity contribution in [3.8, 4) is 0 Å². The zero-order valence-electron chi connectivity index (χ0n) is 9.22. The van der Waals surface area contributed by atoms with Crippen LogP contribution in [0.2, 0.25) is 0 Å². The number of hydrogen-bond acceptors (Lipinski definition) is 3. The van der Waals surface area contributed by atoms with Crippen LogP contribution < -0.4 is 5.73 Å². The summed E-state index contributed by atoms with van der Waals surface area (Å²) >= 11 is 0. The van der Waals surface area contributed by atoms with E-state index in [4.69, 9.17) is 15.2 Å². The lowest BCUT2D eigenvalue weighted by Crippen LogP contribution is -2.43. The predicted molar refractivity (Wildman–Crippen MR) is 54.5 cm³/mol. The molecule has 1 spiro atoms. The summed E-state index contributed by atoms with van der Waals surface area (Å²) in [6, 6.07) is 0. The molecular weight excluding hydrogens is 178 g/mol. The molecule has 1 aliphatic carbocycles. The molecule has 0 atom stereocenters. The number of rotatable bonds is 0. The molecule has 0 aromatic carbocycles. The molecule has 0 saturated carbocycles. The van der Waals surface area contributed by atoms with Crippen LogP contribution in [0.15, 0.2) is 11.3 Å². The van der Waals surface area contributed by atoms with E-state index in [1.807, 2.05) is 0 Å². The first-order valence-corrected chi connectivity index (χ1v) is 5.19. The highest BCUT2D eigenvalue weighted by molar-refractivity contribution is 5.22. The van der Waals surface area contributed by atoms with Crippen molar-refractivity contribution in [1.29, 1.82) is 0 Å². The van der Waals surface area contributed by atoms with Crippen LogP contribution in [0.4, 0.5) is 0 Å². The fraction of sp³-hybridized carbons (Fsp3) is 0.818. The van der Waals surface area contributed by atoms with Crippen molar-refractivity contribution in [2.45, 2.75) is 39.4 Å². The third-order valence-corrected chi connectivity index (χ3v) is 3.25. The van der Waals surface area contributed by atoms with Crippen molar-refractivity contribution in [2.75, 3.05) is 13.2 Å². The monoisotopic (exact) mass is 197 g/mol. The molecule has 80 valence electrons. The van der Waals surface area contributed by atoms with Gasteiger partial charge in [0.15, 0.2) is 5.79 Å². The van der Waals surface area contributed by atoms with Crippen molar-refractivity contribution in [1.82, 2.24) is 0 Å². The Kier molecular flexibility index (Phi) is 2.12. The maximum atomic E-state index is 6.08. The van der Waals surface area contributed by atoms with Gasteiger partial charge in [0, 0.05) is 24.0 Å². The summed E-state index contributed by atoms with van der Waals surface area (Å²) in [5, 5.41) is 0. The van der Waals surface area contributed by atoms with E-state index < -0.39 is 0 Å². The molecule has 0 unspecified atom stereocenters. The Morgan fingerprint density at radius 3 is 2.29 bits per heavy atom. The van der Waals surface area contributed by atoms with Crippen LogP contribution in [-0.2, 0) is 9.47 Å². The van der Waals surface area contributed by atoms with Crippen molar-refractivity contribution in [3.05, 3.63) is 11.3 Å². The molecule has 2 rings (SSSR count). The molecule has 3 heteroatoms. The summed E-state index contributed by atoms with van der Waals surface area (Å²) in [5.41, 5.74) is 8.28. The summed E-state index contributed by atoms with van der Waals surface area (Å²) in [4.78, 5) is 0. The second-order valence-electron chi connectivity index (χ2n) is 5.04. The van der Waals surface area contributed by atoms with Gasteiger partial charge < -0.3 is 15.2 Å². The Morgan fingerprint density at radius 1 is 1.21 bits per heavy atom. The van der Waals surface area contributed by atoms with Gasteiger partial charge in [0.25, 0.3) is 0 Å². The summed E-state index contributed by atoms with van der Waals surface area (Å²) < 4.78 is 11.4. The van der Waals surface area contributed by atoms with E-state index in [0.717, 1.165) is 18.5 Å². The highest BCUT2D eigenvalue weighted by atomic mass is 16.7. The lowest BCUT2D eigenvalue weighted by atomic mass is 9.74. The van der Waals surface area contributed by atoms with Gasteiger partial charge in [0.1, 0.15) is 0 Å². The summed E-state index contributed by atoms with van der Waals surface area (Å²) in [5.74, 6) is -0.379. The third kappa shape index (κ3) is 1.44. The second-order valence-corrected chi connectivity index (χ2v) is 5.04.